The zero-order valence-electron chi connectivity index (χ0n) is 11.0. The predicted octanol–water partition coefficient (Wildman–Crippen LogP) is 1.65. The van der Waals surface area contributed by atoms with Crippen LogP contribution in [0.1, 0.15) is 38.4 Å². The smallest absolute Gasteiger partial charge is 0.0951 e. The average Bonchev–Trinajstić information content (AvgIpc) is 3.09. The Bertz CT molecular complexity index is 326. The number of nitrogens with one attached hydrogen (secondary N) is 1. The normalized spacial score (nSPS) is 15.7. The Morgan fingerprint density at radius 1 is 1.41 bits per heavy atom. The number of hydrogen-bond acceptors (Lipinski definition) is 3. The highest BCUT2D eigenvalue weighted by Gasteiger charge is 2.24. The second-order valence-electron chi connectivity index (χ2n) is 4.73. The van der Waals surface area contributed by atoms with Gasteiger partial charge >= 0.3 is 0 Å². The standard InChI is InChI=1S/C13H24N4/c1-3-16(4-2)8-7-14-9-13-10-15-11-17(13)12-5-6-12/h10-12,14H,3-9H2,1-2H3. The molecule has 0 radical (unpaired) electrons. The van der Waals surface area contributed by atoms with Crippen LogP contribution in [-0.2, 0) is 6.54 Å². The molecule has 4 heteroatoms. The van der Waals surface area contributed by atoms with E-state index >= 15 is 0 Å². The maximum absolute atomic E-state index is 4.24. The van der Waals surface area contributed by atoms with Crippen LogP contribution in [0.4, 0.5) is 0 Å². The summed E-state index contributed by atoms with van der Waals surface area (Å²) in [5, 5.41) is 3.51. The van der Waals surface area contributed by atoms with Gasteiger partial charge in [0.25, 0.3) is 0 Å². The Kier molecular flexibility index (Phi) is 4.57. The Balaban J connectivity index is 1.69. The van der Waals surface area contributed by atoms with Gasteiger partial charge in [-0.3, -0.25) is 0 Å². The largest absolute Gasteiger partial charge is 0.330 e. The number of aromatic nitrogens is 2. The summed E-state index contributed by atoms with van der Waals surface area (Å²) in [5.41, 5.74) is 1.33. The number of nitrogens with zero attached hydrogens (tertiary/aromatic N) is 3. The summed E-state index contributed by atoms with van der Waals surface area (Å²) < 4.78 is 2.32. The number of likely N-dealkylation sites (N-methyl/N-ethyl adjacent to an activating group) is 1. The number of hydrogen-bond donors (Lipinski definition) is 1. The lowest BCUT2D eigenvalue weighted by molar-refractivity contribution is 0.301. The first kappa shape index (κ1) is 12.6. The van der Waals surface area contributed by atoms with E-state index in [9.17, 15) is 0 Å². The minimum Gasteiger partial charge on any atom is -0.330 e. The van der Waals surface area contributed by atoms with E-state index in [1.54, 1.807) is 0 Å². The maximum Gasteiger partial charge on any atom is 0.0951 e. The Morgan fingerprint density at radius 2 is 2.18 bits per heavy atom. The van der Waals surface area contributed by atoms with E-state index in [1.807, 2.05) is 12.5 Å². The quantitative estimate of drug-likeness (QED) is 0.697. The van der Waals surface area contributed by atoms with Crippen molar-refractivity contribution in [3.05, 3.63) is 18.2 Å². The van der Waals surface area contributed by atoms with Crippen molar-refractivity contribution in [3.63, 3.8) is 0 Å². The van der Waals surface area contributed by atoms with Crippen LogP contribution in [0, 0.1) is 0 Å². The predicted molar refractivity (Wildman–Crippen MR) is 70.0 cm³/mol. The van der Waals surface area contributed by atoms with Crippen LogP contribution in [0.5, 0.6) is 0 Å². The third-order valence-corrected chi connectivity index (χ3v) is 3.49. The molecule has 4 nitrogen and oxygen atoms in total. The molecule has 0 saturated heterocycles. The minimum absolute atomic E-state index is 0.733. The molecule has 2 rings (SSSR count). The fourth-order valence-corrected chi connectivity index (χ4v) is 2.14. The summed E-state index contributed by atoms with van der Waals surface area (Å²) in [5.74, 6) is 0. The van der Waals surface area contributed by atoms with Gasteiger partial charge in [-0.25, -0.2) is 4.98 Å². The maximum atomic E-state index is 4.24. The monoisotopic (exact) mass is 236 g/mol. The topological polar surface area (TPSA) is 33.1 Å². The van der Waals surface area contributed by atoms with Gasteiger partial charge in [-0.15, -0.1) is 0 Å². The molecule has 1 aromatic rings. The molecule has 0 aromatic carbocycles. The van der Waals surface area contributed by atoms with Crippen molar-refractivity contribution < 1.29 is 0 Å². The van der Waals surface area contributed by atoms with Gasteiger partial charge in [0.1, 0.15) is 0 Å². The molecule has 17 heavy (non-hydrogen) atoms. The van der Waals surface area contributed by atoms with Crippen molar-refractivity contribution in [2.75, 3.05) is 26.2 Å². The molecule has 0 atom stereocenters. The molecule has 0 aliphatic heterocycles. The van der Waals surface area contributed by atoms with Crippen LogP contribution in [0.3, 0.4) is 0 Å². The Morgan fingerprint density at radius 3 is 2.82 bits per heavy atom. The molecule has 96 valence electrons. The molecule has 1 heterocycles. The summed E-state index contributed by atoms with van der Waals surface area (Å²) >= 11 is 0. The van der Waals surface area contributed by atoms with Crippen molar-refractivity contribution in [2.45, 2.75) is 39.3 Å². The van der Waals surface area contributed by atoms with Gasteiger partial charge in [0.05, 0.1) is 12.0 Å². The van der Waals surface area contributed by atoms with Crippen molar-refractivity contribution in [3.8, 4) is 0 Å². The molecule has 1 aliphatic rings. The highest BCUT2D eigenvalue weighted by Crippen LogP contribution is 2.35. The van der Waals surface area contributed by atoms with Gasteiger partial charge in [0, 0.05) is 31.9 Å². The molecule has 0 unspecified atom stereocenters. The third kappa shape index (κ3) is 3.54. The van der Waals surface area contributed by atoms with E-state index in [0.717, 1.165) is 38.8 Å². The summed E-state index contributed by atoms with van der Waals surface area (Å²) in [6, 6.07) is 0.733. The molecular formula is C13H24N4. The second kappa shape index (κ2) is 6.17. The lowest BCUT2D eigenvalue weighted by atomic mass is 10.4. The van der Waals surface area contributed by atoms with Crippen molar-refractivity contribution >= 4 is 0 Å². The minimum atomic E-state index is 0.733. The van der Waals surface area contributed by atoms with Gasteiger partial charge in [0.2, 0.25) is 0 Å². The first-order valence-corrected chi connectivity index (χ1v) is 6.79. The van der Waals surface area contributed by atoms with E-state index in [4.69, 9.17) is 0 Å². The molecule has 1 aliphatic carbocycles. The van der Waals surface area contributed by atoms with Gasteiger partial charge in [-0.2, -0.15) is 0 Å². The van der Waals surface area contributed by atoms with Gasteiger partial charge in [0.15, 0.2) is 0 Å². The molecular weight excluding hydrogens is 212 g/mol. The summed E-state index contributed by atoms with van der Waals surface area (Å²) in [6.07, 6.45) is 6.60. The third-order valence-electron chi connectivity index (χ3n) is 3.49. The lowest BCUT2D eigenvalue weighted by Crippen LogP contribution is -2.31. The van der Waals surface area contributed by atoms with E-state index in [1.165, 1.54) is 18.5 Å². The van der Waals surface area contributed by atoms with Crippen LogP contribution in [0.25, 0.3) is 0 Å². The van der Waals surface area contributed by atoms with Crippen LogP contribution in [-0.4, -0.2) is 40.6 Å². The molecule has 0 amide bonds. The SMILES string of the molecule is CCN(CC)CCNCc1cncn1C1CC1. The van der Waals surface area contributed by atoms with E-state index in [2.05, 4.69) is 33.6 Å². The number of rotatable bonds is 8. The highest BCUT2D eigenvalue weighted by molar-refractivity contribution is 5.03. The fraction of sp³-hybridized carbons (Fsp3) is 0.769. The van der Waals surface area contributed by atoms with Gasteiger partial charge < -0.3 is 14.8 Å². The average molecular weight is 236 g/mol. The zero-order valence-corrected chi connectivity index (χ0v) is 11.0. The van der Waals surface area contributed by atoms with Crippen molar-refractivity contribution in [2.24, 2.45) is 0 Å². The molecule has 1 aromatic heterocycles. The first-order chi connectivity index (χ1) is 8.35. The van der Waals surface area contributed by atoms with Gasteiger partial charge in [-0.1, -0.05) is 13.8 Å². The first-order valence-electron chi connectivity index (χ1n) is 6.79. The van der Waals surface area contributed by atoms with E-state index < -0.39 is 0 Å². The highest BCUT2D eigenvalue weighted by atomic mass is 15.1. The van der Waals surface area contributed by atoms with Crippen molar-refractivity contribution in [1.82, 2.24) is 19.8 Å². The molecule has 0 spiro atoms. The summed E-state index contributed by atoms with van der Waals surface area (Å²) in [4.78, 5) is 6.68. The zero-order chi connectivity index (χ0) is 12.1. The number of imidazole rings is 1. The lowest BCUT2D eigenvalue weighted by Gasteiger charge is -2.18. The fourth-order valence-electron chi connectivity index (χ4n) is 2.14. The van der Waals surface area contributed by atoms with E-state index in [-0.39, 0.29) is 0 Å². The molecule has 0 bridgehead atoms. The summed E-state index contributed by atoms with van der Waals surface area (Å²) in [6.45, 7) is 9.83. The Labute approximate surface area is 104 Å². The van der Waals surface area contributed by atoms with Crippen LogP contribution in [0.2, 0.25) is 0 Å². The van der Waals surface area contributed by atoms with Crippen LogP contribution >= 0.6 is 0 Å². The molecule has 1 N–H and O–H groups in total. The van der Waals surface area contributed by atoms with Crippen LogP contribution < -0.4 is 5.32 Å². The van der Waals surface area contributed by atoms with Crippen LogP contribution in [0.15, 0.2) is 12.5 Å². The molecule has 1 fully saturated rings. The Hall–Kier alpha value is -0.870. The van der Waals surface area contributed by atoms with Crippen molar-refractivity contribution in [1.29, 1.82) is 0 Å². The van der Waals surface area contributed by atoms with E-state index in [0.29, 0.717) is 0 Å². The summed E-state index contributed by atoms with van der Waals surface area (Å²) in [7, 11) is 0. The molecule has 1 saturated carbocycles. The van der Waals surface area contributed by atoms with Gasteiger partial charge in [-0.05, 0) is 25.9 Å². The second-order valence-corrected chi connectivity index (χ2v) is 4.73.